The van der Waals surface area contributed by atoms with Crippen LogP contribution in [0.4, 0.5) is 5.95 Å². The molecule has 180 valence electrons. The number of anilines is 1. The second-order valence-corrected chi connectivity index (χ2v) is 8.96. The van der Waals surface area contributed by atoms with Crippen LogP contribution < -0.4 is 14.8 Å². The first kappa shape index (κ1) is 23.4. The number of rotatable bonds is 10. The van der Waals surface area contributed by atoms with E-state index in [1.165, 1.54) is 12.5 Å². The van der Waals surface area contributed by atoms with Gasteiger partial charge in [0.05, 0.1) is 33.3 Å². The van der Waals surface area contributed by atoms with Crippen LogP contribution in [0.2, 0.25) is 0 Å². The largest absolute Gasteiger partial charge is 0.497 e. The molecule has 0 unspecified atom stereocenters. The Bertz CT molecular complexity index is 1400. The molecular formula is C21H24N6O6S. The molecule has 34 heavy (non-hydrogen) atoms. The van der Waals surface area contributed by atoms with Gasteiger partial charge >= 0.3 is 0 Å². The molecule has 12 nitrogen and oxygen atoms in total. The van der Waals surface area contributed by atoms with Crippen molar-refractivity contribution < 1.29 is 26.5 Å². The molecule has 0 saturated heterocycles. The zero-order chi connectivity index (χ0) is 24.3. The molecule has 3 aromatic heterocycles. The minimum Gasteiger partial charge on any atom is -0.497 e. The molecule has 1 aromatic carbocycles. The molecule has 3 heterocycles. The maximum Gasteiger partial charge on any atom is 0.264 e. The number of ether oxygens (including phenoxy) is 2. The maximum absolute atomic E-state index is 11.3. The maximum atomic E-state index is 11.3. The van der Waals surface area contributed by atoms with Crippen molar-refractivity contribution >= 4 is 21.7 Å². The van der Waals surface area contributed by atoms with Gasteiger partial charge in [-0.3, -0.25) is 4.18 Å². The summed E-state index contributed by atoms with van der Waals surface area (Å²) in [6.07, 6.45) is 4.20. The average Bonchev–Trinajstić information content (AvgIpc) is 3.48. The van der Waals surface area contributed by atoms with E-state index < -0.39 is 10.1 Å². The van der Waals surface area contributed by atoms with Crippen molar-refractivity contribution in [3.05, 3.63) is 47.6 Å². The summed E-state index contributed by atoms with van der Waals surface area (Å²) in [6.45, 7) is 2.14. The van der Waals surface area contributed by atoms with E-state index in [4.69, 9.17) is 18.1 Å². The van der Waals surface area contributed by atoms with E-state index in [0.29, 0.717) is 52.6 Å². The highest BCUT2D eigenvalue weighted by Crippen LogP contribution is 2.28. The highest BCUT2D eigenvalue weighted by atomic mass is 32.2. The monoisotopic (exact) mass is 488 g/mol. The molecule has 0 spiro atoms. The summed E-state index contributed by atoms with van der Waals surface area (Å²) in [7, 11) is -0.379. The summed E-state index contributed by atoms with van der Waals surface area (Å²) in [5.74, 6) is 2.48. The number of nitrogens with zero attached hydrogens (tertiary/aromatic N) is 5. The van der Waals surface area contributed by atoms with Gasteiger partial charge in [0.25, 0.3) is 10.1 Å². The van der Waals surface area contributed by atoms with Crippen LogP contribution >= 0.6 is 0 Å². The van der Waals surface area contributed by atoms with Crippen molar-refractivity contribution in [3.8, 4) is 23.1 Å². The van der Waals surface area contributed by atoms with Crippen molar-refractivity contribution in [2.75, 3.05) is 32.4 Å². The number of fused-ring (bicyclic) bond motifs is 1. The Kier molecular flexibility index (Phi) is 6.65. The number of hydrogen-bond donors (Lipinski definition) is 1. The van der Waals surface area contributed by atoms with Crippen LogP contribution in [-0.4, -0.2) is 60.1 Å². The Hall–Kier alpha value is -3.71. The Morgan fingerprint density at radius 2 is 2.00 bits per heavy atom. The molecule has 4 aromatic rings. The first-order valence-corrected chi connectivity index (χ1v) is 12.1. The van der Waals surface area contributed by atoms with Crippen LogP contribution in [0, 0.1) is 6.92 Å². The van der Waals surface area contributed by atoms with Crippen molar-refractivity contribution in [3.63, 3.8) is 0 Å². The zero-order valence-corrected chi connectivity index (χ0v) is 19.9. The highest BCUT2D eigenvalue weighted by molar-refractivity contribution is 7.85. The van der Waals surface area contributed by atoms with E-state index in [1.54, 1.807) is 24.8 Å². The van der Waals surface area contributed by atoms with Crippen LogP contribution in [0.15, 0.2) is 35.1 Å². The van der Waals surface area contributed by atoms with Gasteiger partial charge in [0.1, 0.15) is 23.5 Å². The third-order valence-corrected chi connectivity index (χ3v) is 5.54. The van der Waals surface area contributed by atoms with E-state index in [2.05, 4.69) is 25.4 Å². The van der Waals surface area contributed by atoms with Gasteiger partial charge in [-0.05, 0) is 19.1 Å². The van der Waals surface area contributed by atoms with Crippen molar-refractivity contribution in [2.24, 2.45) is 0 Å². The minimum absolute atomic E-state index is 0.0689. The number of oxazole rings is 1. The molecule has 0 radical (unpaired) electrons. The zero-order valence-electron chi connectivity index (χ0n) is 19.1. The van der Waals surface area contributed by atoms with Crippen LogP contribution in [0.25, 0.3) is 17.2 Å². The molecule has 0 atom stereocenters. The van der Waals surface area contributed by atoms with Gasteiger partial charge in [0, 0.05) is 30.2 Å². The van der Waals surface area contributed by atoms with Crippen LogP contribution in [0.1, 0.15) is 17.0 Å². The second kappa shape index (κ2) is 9.65. The smallest absolute Gasteiger partial charge is 0.264 e. The SMILES string of the molecule is COc1ccc(CNc2nc(-c3ncco3)c(C)c3nc(CCOS(C)(=O)=O)nn23)c(OC)c1. The van der Waals surface area contributed by atoms with Gasteiger partial charge in [-0.2, -0.15) is 12.9 Å². The van der Waals surface area contributed by atoms with Crippen molar-refractivity contribution in [1.29, 1.82) is 0 Å². The molecule has 0 aliphatic rings. The minimum atomic E-state index is -3.56. The number of benzene rings is 1. The molecule has 4 rings (SSSR count). The Labute approximate surface area is 196 Å². The summed E-state index contributed by atoms with van der Waals surface area (Å²) in [6, 6.07) is 5.52. The number of nitrogens with one attached hydrogen (secondary N) is 1. The van der Waals surface area contributed by atoms with Crippen LogP contribution in [0.5, 0.6) is 11.5 Å². The van der Waals surface area contributed by atoms with E-state index in [-0.39, 0.29) is 13.0 Å². The van der Waals surface area contributed by atoms with Gasteiger partial charge in [-0.1, -0.05) is 0 Å². The Morgan fingerprint density at radius 1 is 1.18 bits per heavy atom. The second-order valence-electron chi connectivity index (χ2n) is 7.32. The van der Waals surface area contributed by atoms with E-state index >= 15 is 0 Å². The van der Waals surface area contributed by atoms with Crippen molar-refractivity contribution in [1.82, 2.24) is 24.6 Å². The normalized spacial score (nSPS) is 11.6. The third-order valence-electron chi connectivity index (χ3n) is 4.95. The summed E-state index contributed by atoms with van der Waals surface area (Å²) in [5.41, 5.74) is 2.62. The Balaban J connectivity index is 1.70. The predicted octanol–water partition coefficient (Wildman–Crippen LogP) is 2.24. The van der Waals surface area contributed by atoms with Crippen LogP contribution in [0.3, 0.4) is 0 Å². The number of aryl methyl sites for hydroxylation is 1. The lowest BCUT2D eigenvalue weighted by Gasteiger charge is -2.13. The summed E-state index contributed by atoms with van der Waals surface area (Å²) in [5, 5.41) is 7.77. The topological polar surface area (TPSA) is 143 Å². The number of aromatic nitrogens is 5. The lowest BCUT2D eigenvalue weighted by atomic mass is 10.2. The molecule has 0 bridgehead atoms. The molecule has 0 aliphatic heterocycles. The van der Waals surface area contributed by atoms with Crippen molar-refractivity contribution in [2.45, 2.75) is 19.9 Å². The van der Waals surface area contributed by atoms with E-state index in [0.717, 1.165) is 11.8 Å². The molecule has 0 aliphatic carbocycles. The average molecular weight is 489 g/mol. The first-order chi connectivity index (χ1) is 16.3. The van der Waals surface area contributed by atoms with E-state index in [1.807, 2.05) is 19.1 Å². The van der Waals surface area contributed by atoms with E-state index in [9.17, 15) is 8.42 Å². The lowest BCUT2D eigenvalue weighted by molar-refractivity contribution is 0.323. The predicted molar refractivity (Wildman–Crippen MR) is 122 cm³/mol. The molecule has 1 N–H and O–H groups in total. The quantitative estimate of drug-likeness (QED) is 0.328. The third kappa shape index (κ3) is 5.10. The number of methoxy groups -OCH3 is 2. The fourth-order valence-corrected chi connectivity index (χ4v) is 3.70. The van der Waals surface area contributed by atoms with Gasteiger partial charge < -0.3 is 19.2 Å². The lowest BCUT2D eigenvalue weighted by Crippen LogP contribution is -2.11. The summed E-state index contributed by atoms with van der Waals surface area (Å²) in [4.78, 5) is 13.4. The standard InChI is InChI=1S/C21H24N6O6S/c1-13-18(20-22-8-10-32-20)25-21(23-12-14-5-6-15(30-2)11-16(14)31-3)27-19(13)24-17(26-27)7-9-33-34(4,28)29/h5-6,8,10-11H,7,9,12H2,1-4H3,(H,23,25). The van der Waals surface area contributed by atoms with Gasteiger partial charge in [0.2, 0.25) is 11.8 Å². The molecule has 0 amide bonds. The molecule has 13 heteroatoms. The fraction of sp³-hybridized carbons (Fsp3) is 0.333. The van der Waals surface area contributed by atoms with Crippen LogP contribution in [-0.2, 0) is 27.3 Å². The van der Waals surface area contributed by atoms with Gasteiger partial charge in [-0.25, -0.2) is 15.0 Å². The number of hydrogen-bond acceptors (Lipinski definition) is 11. The van der Waals surface area contributed by atoms with Gasteiger partial charge in [0.15, 0.2) is 11.5 Å². The molecule has 0 fully saturated rings. The fourth-order valence-electron chi connectivity index (χ4n) is 3.31. The Morgan fingerprint density at radius 3 is 2.68 bits per heavy atom. The molecule has 0 saturated carbocycles. The highest BCUT2D eigenvalue weighted by Gasteiger charge is 2.19. The molecular weight excluding hydrogens is 464 g/mol. The summed E-state index contributed by atoms with van der Waals surface area (Å²) >= 11 is 0. The first-order valence-electron chi connectivity index (χ1n) is 10.2. The summed E-state index contributed by atoms with van der Waals surface area (Å²) < 4.78 is 45.1. The van der Waals surface area contributed by atoms with Gasteiger partial charge in [-0.15, -0.1) is 5.10 Å².